The quantitative estimate of drug-likeness (QED) is 0.667. The zero-order valence-corrected chi connectivity index (χ0v) is 11.7. The number of carbonyl (C=O) groups is 1. The minimum Gasteiger partial charge on any atom is -0.351 e. The Labute approximate surface area is 121 Å². The van der Waals surface area contributed by atoms with Crippen molar-refractivity contribution in [1.82, 2.24) is 10.2 Å². The predicted octanol–water partition coefficient (Wildman–Crippen LogP) is 2.07. The topological polar surface area (TPSA) is 75.5 Å². The van der Waals surface area contributed by atoms with Gasteiger partial charge in [-0.05, 0) is 38.1 Å². The maximum atomic E-state index is 12.0. The first-order valence-corrected chi connectivity index (χ1v) is 6.90. The first kappa shape index (κ1) is 14.7. The van der Waals surface area contributed by atoms with Crippen molar-refractivity contribution in [2.45, 2.75) is 12.8 Å². The second-order valence-electron chi connectivity index (χ2n) is 4.72. The summed E-state index contributed by atoms with van der Waals surface area (Å²) in [5.41, 5.74) is -0.225. The molecule has 1 aromatic rings. The molecule has 7 heteroatoms. The van der Waals surface area contributed by atoms with Crippen LogP contribution in [0.2, 0.25) is 5.02 Å². The molecule has 0 bridgehead atoms. The van der Waals surface area contributed by atoms with Crippen LogP contribution in [0.3, 0.4) is 0 Å². The van der Waals surface area contributed by atoms with Crippen molar-refractivity contribution in [3.05, 3.63) is 38.9 Å². The fraction of sp³-hybridized carbons (Fsp3) is 0.462. The Kier molecular flexibility index (Phi) is 4.92. The maximum Gasteiger partial charge on any atom is 0.282 e. The van der Waals surface area contributed by atoms with E-state index in [1.807, 2.05) is 0 Å². The van der Waals surface area contributed by atoms with E-state index in [2.05, 4.69) is 10.2 Å². The Bertz CT molecular complexity index is 516. The molecule has 6 nitrogen and oxygen atoms in total. The number of amides is 1. The highest BCUT2D eigenvalue weighted by Gasteiger charge is 2.20. The van der Waals surface area contributed by atoms with E-state index < -0.39 is 10.8 Å². The van der Waals surface area contributed by atoms with Gasteiger partial charge in [0.2, 0.25) is 0 Å². The standard InChI is InChI=1S/C13H16ClN3O3/c14-10-3-4-12(17(19)20)11(9-10)13(18)15-5-8-16-6-1-2-7-16/h3-4,9H,1-2,5-8H2,(H,15,18). The number of likely N-dealkylation sites (tertiary alicyclic amines) is 1. The van der Waals surface area contributed by atoms with E-state index in [0.717, 1.165) is 19.6 Å². The summed E-state index contributed by atoms with van der Waals surface area (Å²) in [7, 11) is 0. The van der Waals surface area contributed by atoms with Gasteiger partial charge in [0.05, 0.1) is 4.92 Å². The molecule has 108 valence electrons. The van der Waals surface area contributed by atoms with Gasteiger partial charge >= 0.3 is 0 Å². The molecule has 1 aromatic carbocycles. The highest BCUT2D eigenvalue weighted by atomic mass is 35.5. The number of rotatable bonds is 5. The molecule has 20 heavy (non-hydrogen) atoms. The molecule has 0 unspecified atom stereocenters. The second kappa shape index (κ2) is 6.67. The van der Waals surface area contributed by atoms with Gasteiger partial charge in [0.15, 0.2) is 0 Å². The van der Waals surface area contributed by atoms with Crippen LogP contribution in [-0.4, -0.2) is 41.9 Å². The molecule has 0 radical (unpaired) electrons. The Morgan fingerprint density at radius 2 is 2.10 bits per heavy atom. The molecule has 1 fully saturated rings. The highest BCUT2D eigenvalue weighted by molar-refractivity contribution is 6.31. The lowest BCUT2D eigenvalue weighted by Crippen LogP contribution is -2.33. The van der Waals surface area contributed by atoms with Crippen molar-refractivity contribution in [3.63, 3.8) is 0 Å². The molecule has 1 N–H and O–H groups in total. The summed E-state index contributed by atoms with van der Waals surface area (Å²) in [6.45, 7) is 3.34. The van der Waals surface area contributed by atoms with Crippen LogP contribution in [0.25, 0.3) is 0 Å². The molecule has 0 spiro atoms. The number of carbonyl (C=O) groups excluding carboxylic acids is 1. The van der Waals surface area contributed by atoms with Gasteiger partial charge in [-0.3, -0.25) is 14.9 Å². The number of nitro groups is 1. The van der Waals surface area contributed by atoms with Gasteiger partial charge in [-0.25, -0.2) is 0 Å². The number of nitrogens with one attached hydrogen (secondary N) is 1. The van der Waals surface area contributed by atoms with Crippen LogP contribution >= 0.6 is 11.6 Å². The summed E-state index contributed by atoms with van der Waals surface area (Å²) in [4.78, 5) is 24.6. The van der Waals surface area contributed by atoms with E-state index in [4.69, 9.17) is 11.6 Å². The van der Waals surface area contributed by atoms with Gasteiger partial charge in [0, 0.05) is 24.2 Å². The van der Waals surface area contributed by atoms with E-state index in [1.165, 1.54) is 31.0 Å². The Hall–Kier alpha value is -1.66. The minimum atomic E-state index is -0.578. The largest absolute Gasteiger partial charge is 0.351 e. The number of nitro benzene ring substituents is 1. The van der Waals surface area contributed by atoms with E-state index in [-0.39, 0.29) is 11.3 Å². The number of halogens is 1. The number of benzene rings is 1. The third-order valence-corrected chi connectivity index (χ3v) is 3.55. The Balaban J connectivity index is 1.97. The molecule has 1 amide bonds. The third-order valence-electron chi connectivity index (χ3n) is 3.31. The Morgan fingerprint density at radius 3 is 2.75 bits per heavy atom. The fourth-order valence-corrected chi connectivity index (χ4v) is 2.45. The molecule has 0 aromatic heterocycles. The highest BCUT2D eigenvalue weighted by Crippen LogP contribution is 2.22. The van der Waals surface area contributed by atoms with Crippen LogP contribution < -0.4 is 5.32 Å². The molecule has 1 aliphatic rings. The summed E-state index contributed by atoms with van der Waals surface area (Å²) < 4.78 is 0. The number of nitrogens with zero attached hydrogens (tertiary/aromatic N) is 2. The molecular formula is C13H16ClN3O3. The van der Waals surface area contributed by atoms with Crippen molar-refractivity contribution in [3.8, 4) is 0 Å². The summed E-state index contributed by atoms with van der Waals surface area (Å²) in [5, 5.41) is 13.9. The molecule has 1 saturated heterocycles. The maximum absolute atomic E-state index is 12.0. The van der Waals surface area contributed by atoms with Crippen LogP contribution in [0.15, 0.2) is 18.2 Å². The fourth-order valence-electron chi connectivity index (χ4n) is 2.28. The van der Waals surface area contributed by atoms with Crippen LogP contribution in [0.5, 0.6) is 0 Å². The minimum absolute atomic E-state index is 0.00363. The van der Waals surface area contributed by atoms with Crippen LogP contribution in [0.4, 0.5) is 5.69 Å². The van der Waals surface area contributed by atoms with Gasteiger partial charge < -0.3 is 10.2 Å². The van der Waals surface area contributed by atoms with Crippen LogP contribution in [-0.2, 0) is 0 Å². The van der Waals surface area contributed by atoms with Crippen LogP contribution in [0, 0.1) is 10.1 Å². The lowest BCUT2D eigenvalue weighted by molar-refractivity contribution is -0.385. The van der Waals surface area contributed by atoms with Crippen molar-refractivity contribution in [1.29, 1.82) is 0 Å². The van der Waals surface area contributed by atoms with E-state index >= 15 is 0 Å². The normalized spacial score (nSPS) is 15.2. The molecule has 0 aliphatic carbocycles. The van der Waals surface area contributed by atoms with Gasteiger partial charge in [-0.15, -0.1) is 0 Å². The third kappa shape index (κ3) is 3.68. The zero-order chi connectivity index (χ0) is 14.5. The first-order valence-electron chi connectivity index (χ1n) is 6.52. The van der Waals surface area contributed by atoms with Gasteiger partial charge in [-0.2, -0.15) is 0 Å². The predicted molar refractivity (Wildman–Crippen MR) is 76.1 cm³/mol. The summed E-state index contributed by atoms with van der Waals surface area (Å²) in [6.07, 6.45) is 2.38. The molecule has 0 saturated carbocycles. The van der Waals surface area contributed by atoms with E-state index in [9.17, 15) is 14.9 Å². The molecule has 0 atom stereocenters. The lowest BCUT2D eigenvalue weighted by Gasteiger charge is -2.14. The van der Waals surface area contributed by atoms with Gasteiger partial charge in [0.25, 0.3) is 11.6 Å². The smallest absolute Gasteiger partial charge is 0.282 e. The molecule has 2 rings (SSSR count). The number of hydrogen-bond acceptors (Lipinski definition) is 4. The SMILES string of the molecule is O=C(NCCN1CCCC1)c1cc(Cl)ccc1[N+](=O)[O-]. The summed E-state index contributed by atoms with van der Waals surface area (Å²) >= 11 is 5.79. The summed E-state index contributed by atoms with van der Waals surface area (Å²) in [5.74, 6) is -0.460. The van der Waals surface area contributed by atoms with Crippen molar-refractivity contribution in [2.75, 3.05) is 26.2 Å². The van der Waals surface area contributed by atoms with Crippen molar-refractivity contribution in [2.24, 2.45) is 0 Å². The average Bonchev–Trinajstić information content (AvgIpc) is 2.91. The second-order valence-corrected chi connectivity index (χ2v) is 5.16. The zero-order valence-electron chi connectivity index (χ0n) is 11.0. The average molecular weight is 298 g/mol. The van der Waals surface area contributed by atoms with Gasteiger partial charge in [-0.1, -0.05) is 11.6 Å². The molecule has 1 aliphatic heterocycles. The number of hydrogen-bond donors (Lipinski definition) is 1. The first-order chi connectivity index (χ1) is 9.58. The summed E-state index contributed by atoms with van der Waals surface area (Å²) in [6, 6.07) is 3.98. The van der Waals surface area contributed by atoms with Gasteiger partial charge in [0.1, 0.15) is 5.56 Å². The molecular weight excluding hydrogens is 282 g/mol. The lowest BCUT2D eigenvalue weighted by atomic mass is 10.1. The van der Waals surface area contributed by atoms with E-state index in [0.29, 0.717) is 11.6 Å². The van der Waals surface area contributed by atoms with Crippen molar-refractivity contribution >= 4 is 23.2 Å². The monoisotopic (exact) mass is 297 g/mol. The molecule has 1 heterocycles. The van der Waals surface area contributed by atoms with Crippen molar-refractivity contribution < 1.29 is 9.72 Å². The Morgan fingerprint density at radius 1 is 1.40 bits per heavy atom. The van der Waals surface area contributed by atoms with Crippen LogP contribution in [0.1, 0.15) is 23.2 Å². The van der Waals surface area contributed by atoms with E-state index in [1.54, 1.807) is 0 Å².